The summed E-state index contributed by atoms with van der Waals surface area (Å²) in [6.07, 6.45) is 4.41. The molecule has 1 saturated carbocycles. The van der Waals surface area contributed by atoms with E-state index in [0.717, 1.165) is 24.8 Å². The fourth-order valence-electron chi connectivity index (χ4n) is 3.80. The predicted octanol–water partition coefficient (Wildman–Crippen LogP) is 3.16. The van der Waals surface area contributed by atoms with Crippen molar-refractivity contribution in [2.75, 3.05) is 6.54 Å². The third kappa shape index (κ3) is 3.70. The SMILES string of the molecule is C[C@H](NC(=O)CCN1C(=O)NC2(CCCCC2)C1=O)c1ccccc1Cl. The van der Waals surface area contributed by atoms with Crippen LogP contribution >= 0.6 is 11.6 Å². The van der Waals surface area contributed by atoms with E-state index in [1.54, 1.807) is 6.07 Å². The number of amides is 4. The average molecular weight is 378 g/mol. The van der Waals surface area contributed by atoms with Gasteiger partial charge in [0.25, 0.3) is 5.91 Å². The van der Waals surface area contributed by atoms with Crippen LogP contribution in [0.3, 0.4) is 0 Å². The number of hydrogen-bond donors (Lipinski definition) is 2. The molecule has 2 fully saturated rings. The van der Waals surface area contributed by atoms with E-state index in [2.05, 4.69) is 10.6 Å². The van der Waals surface area contributed by atoms with E-state index >= 15 is 0 Å². The van der Waals surface area contributed by atoms with Gasteiger partial charge in [0.1, 0.15) is 5.54 Å². The van der Waals surface area contributed by atoms with Gasteiger partial charge in [0, 0.05) is 18.0 Å². The largest absolute Gasteiger partial charge is 0.349 e. The molecule has 2 aliphatic rings. The number of imide groups is 1. The highest BCUT2D eigenvalue weighted by atomic mass is 35.5. The first kappa shape index (κ1) is 18.7. The minimum absolute atomic E-state index is 0.0734. The van der Waals surface area contributed by atoms with Crippen molar-refractivity contribution >= 4 is 29.4 Å². The van der Waals surface area contributed by atoms with E-state index in [4.69, 9.17) is 11.6 Å². The Morgan fingerprint density at radius 3 is 2.65 bits per heavy atom. The van der Waals surface area contributed by atoms with Gasteiger partial charge in [0.05, 0.1) is 6.04 Å². The number of halogens is 1. The van der Waals surface area contributed by atoms with Crippen LogP contribution in [-0.4, -0.2) is 34.8 Å². The summed E-state index contributed by atoms with van der Waals surface area (Å²) < 4.78 is 0. The van der Waals surface area contributed by atoms with Crippen molar-refractivity contribution in [3.05, 3.63) is 34.9 Å². The first-order valence-corrected chi connectivity index (χ1v) is 9.49. The van der Waals surface area contributed by atoms with Crippen LogP contribution in [0.1, 0.15) is 57.1 Å². The van der Waals surface area contributed by atoms with Crippen LogP contribution in [0.4, 0.5) is 4.79 Å². The molecule has 1 aliphatic heterocycles. The minimum Gasteiger partial charge on any atom is -0.349 e. The van der Waals surface area contributed by atoms with Gasteiger partial charge in [-0.25, -0.2) is 4.79 Å². The van der Waals surface area contributed by atoms with Gasteiger partial charge >= 0.3 is 6.03 Å². The molecule has 7 heteroatoms. The molecule has 1 aromatic carbocycles. The number of hydrogen-bond acceptors (Lipinski definition) is 3. The van der Waals surface area contributed by atoms with E-state index in [1.165, 1.54) is 4.90 Å². The molecule has 1 saturated heterocycles. The highest BCUT2D eigenvalue weighted by Crippen LogP contribution is 2.33. The molecule has 0 bridgehead atoms. The first-order valence-electron chi connectivity index (χ1n) is 9.11. The van der Waals surface area contributed by atoms with Crippen molar-refractivity contribution in [2.45, 2.75) is 57.0 Å². The van der Waals surface area contributed by atoms with Crippen molar-refractivity contribution in [1.82, 2.24) is 15.5 Å². The van der Waals surface area contributed by atoms with Crippen molar-refractivity contribution in [1.29, 1.82) is 0 Å². The molecule has 0 aromatic heterocycles. The maximum atomic E-state index is 12.7. The smallest absolute Gasteiger partial charge is 0.325 e. The first-order chi connectivity index (χ1) is 12.4. The lowest BCUT2D eigenvalue weighted by molar-refractivity contribution is -0.132. The van der Waals surface area contributed by atoms with E-state index in [0.29, 0.717) is 17.9 Å². The molecule has 1 atom stereocenters. The molecular weight excluding hydrogens is 354 g/mol. The van der Waals surface area contributed by atoms with Crippen LogP contribution in [0.15, 0.2) is 24.3 Å². The Hall–Kier alpha value is -2.08. The number of benzene rings is 1. The molecule has 3 rings (SSSR count). The molecule has 6 nitrogen and oxygen atoms in total. The third-order valence-corrected chi connectivity index (χ3v) is 5.61. The van der Waals surface area contributed by atoms with Crippen molar-refractivity contribution in [3.63, 3.8) is 0 Å². The van der Waals surface area contributed by atoms with Gasteiger partial charge < -0.3 is 10.6 Å². The fraction of sp³-hybridized carbons (Fsp3) is 0.526. The Labute approximate surface area is 158 Å². The summed E-state index contributed by atoms with van der Waals surface area (Å²) in [6, 6.07) is 6.70. The second kappa shape index (κ2) is 7.66. The molecule has 4 amide bonds. The normalized spacial score (nSPS) is 20.2. The highest BCUT2D eigenvalue weighted by molar-refractivity contribution is 6.31. The molecular formula is C19H24ClN3O3. The van der Waals surface area contributed by atoms with E-state index in [1.807, 2.05) is 25.1 Å². The lowest BCUT2D eigenvalue weighted by atomic mass is 9.82. The van der Waals surface area contributed by atoms with Gasteiger partial charge in [0.2, 0.25) is 5.91 Å². The molecule has 1 spiro atoms. The maximum absolute atomic E-state index is 12.7. The average Bonchev–Trinajstić information content (AvgIpc) is 2.84. The Bertz CT molecular complexity index is 716. The summed E-state index contributed by atoms with van der Waals surface area (Å²) in [6.45, 7) is 1.94. The maximum Gasteiger partial charge on any atom is 0.325 e. The predicted molar refractivity (Wildman–Crippen MR) is 98.7 cm³/mol. The number of carbonyl (C=O) groups is 3. The summed E-state index contributed by atoms with van der Waals surface area (Å²) in [5.41, 5.74) is 0.0927. The van der Waals surface area contributed by atoms with Gasteiger partial charge in [-0.05, 0) is 31.4 Å². The molecule has 140 valence electrons. The van der Waals surface area contributed by atoms with Crippen molar-refractivity contribution in [2.24, 2.45) is 0 Å². The number of rotatable bonds is 5. The second-order valence-electron chi connectivity index (χ2n) is 7.09. The van der Waals surface area contributed by atoms with E-state index < -0.39 is 5.54 Å². The minimum atomic E-state index is -0.739. The molecule has 2 N–H and O–H groups in total. The second-order valence-corrected chi connectivity index (χ2v) is 7.50. The van der Waals surface area contributed by atoms with Gasteiger partial charge in [-0.2, -0.15) is 0 Å². The Morgan fingerprint density at radius 1 is 1.27 bits per heavy atom. The van der Waals surface area contributed by atoms with Gasteiger partial charge in [-0.1, -0.05) is 49.1 Å². The van der Waals surface area contributed by atoms with E-state index in [-0.39, 0.29) is 36.9 Å². The molecule has 1 aliphatic carbocycles. The summed E-state index contributed by atoms with van der Waals surface area (Å²) in [5, 5.41) is 6.32. The lowest BCUT2D eigenvalue weighted by Crippen LogP contribution is -2.48. The lowest BCUT2D eigenvalue weighted by Gasteiger charge is -2.30. The molecule has 26 heavy (non-hydrogen) atoms. The van der Waals surface area contributed by atoms with Crippen LogP contribution in [0.5, 0.6) is 0 Å². The number of nitrogens with one attached hydrogen (secondary N) is 2. The van der Waals surface area contributed by atoms with E-state index in [9.17, 15) is 14.4 Å². The van der Waals surface area contributed by atoms with Gasteiger partial charge in [-0.3, -0.25) is 14.5 Å². The molecule has 1 heterocycles. The van der Waals surface area contributed by atoms with Gasteiger partial charge in [-0.15, -0.1) is 0 Å². The zero-order valence-corrected chi connectivity index (χ0v) is 15.6. The topological polar surface area (TPSA) is 78.5 Å². The quantitative estimate of drug-likeness (QED) is 0.773. The van der Waals surface area contributed by atoms with Crippen LogP contribution in [-0.2, 0) is 9.59 Å². The Balaban J connectivity index is 1.55. The number of carbonyl (C=O) groups excluding carboxylic acids is 3. The number of nitrogens with zero attached hydrogens (tertiary/aromatic N) is 1. The van der Waals surface area contributed by atoms with Crippen LogP contribution in [0, 0.1) is 0 Å². The van der Waals surface area contributed by atoms with Crippen molar-refractivity contribution in [3.8, 4) is 0 Å². The summed E-state index contributed by atoms with van der Waals surface area (Å²) in [7, 11) is 0. The summed E-state index contributed by atoms with van der Waals surface area (Å²) >= 11 is 6.15. The monoisotopic (exact) mass is 377 g/mol. The molecule has 0 radical (unpaired) electrons. The summed E-state index contributed by atoms with van der Waals surface area (Å²) in [4.78, 5) is 38.3. The van der Waals surface area contributed by atoms with Crippen LogP contribution in [0.2, 0.25) is 5.02 Å². The fourth-order valence-corrected chi connectivity index (χ4v) is 4.10. The van der Waals surface area contributed by atoms with Gasteiger partial charge in [0.15, 0.2) is 0 Å². The zero-order chi connectivity index (χ0) is 18.7. The van der Waals surface area contributed by atoms with Crippen molar-refractivity contribution < 1.29 is 14.4 Å². The summed E-state index contributed by atoms with van der Waals surface area (Å²) in [5.74, 6) is -0.406. The molecule has 1 aromatic rings. The zero-order valence-electron chi connectivity index (χ0n) is 14.9. The van der Waals surface area contributed by atoms with Crippen LogP contribution < -0.4 is 10.6 Å². The Morgan fingerprint density at radius 2 is 1.96 bits per heavy atom. The third-order valence-electron chi connectivity index (χ3n) is 5.26. The highest BCUT2D eigenvalue weighted by Gasteiger charge is 2.51. The van der Waals surface area contributed by atoms with Crippen LogP contribution in [0.25, 0.3) is 0 Å². The number of urea groups is 1. The Kier molecular flexibility index (Phi) is 5.51. The standard InChI is InChI=1S/C19H24ClN3O3/c1-13(14-7-3-4-8-15(14)20)21-16(24)9-12-23-17(25)19(22-18(23)26)10-5-2-6-11-19/h3-4,7-8,13H,2,5-6,9-12H2,1H3,(H,21,24)(H,22,26)/t13-/m0/s1. The molecule has 0 unspecified atom stereocenters.